The highest BCUT2D eigenvalue weighted by molar-refractivity contribution is 5.92. The van der Waals surface area contributed by atoms with Crippen LogP contribution in [0, 0.1) is 0 Å². The quantitative estimate of drug-likeness (QED) is 0.759. The van der Waals surface area contributed by atoms with Gasteiger partial charge in [0.25, 0.3) is 0 Å². The molecular weight excluding hydrogens is 300 g/mol. The fourth-order valence-electron chi connectivity index (χ4n) is 2.51. The van der Waals surface area contributed by atoms with E-state index in [0.717, 1.165) is 25.3 Å². The minimum atomic E-state index is 0.00802. The lowest BCUT2D eigenvalue weighted by atomic mass is 10.2. The molecule has 4 nitrogen and oxygen atoms in total. The van der Waals surface area contributed by atoms with Crippen molar-refractivity contribution >= 4 is 11.6 Å². The summed E-state index contributed by atoms with van der Waals surface area (Å²) in [6.45, 7) is 7.13. The third kappa shape index (κ3) is 5.70. The molecule has 1 N–H and O–H groups in total. The van der Waals surface area contributed by atoms with E-state index in [-0.39, 0.29) is 5.91 Å². The maximum absolute atomic E-state index is 12.2. The Hall–Kier alpha value is -2.33. The van der Waals surface area contributed by atoms with Crippen molar-refractivity contribution in [2.24, 2.45) is 0 Å². The first-order chi connectivity index (χ1) is 11.7. The van der Waals surface area contributed by atoms with Crippen LogP contribution in [0.5, 0.6) is 5.75 Å². The van der Waals surface area contributed by atoms with Crippen molar-refractivity contribution in [3.8, 4) is 5.75 Å². The normalized spacial score (nSPS) is 10.6. The SMILES string of the molecule is CCOc1ccccc1NC(=O)CCN(CC)Cc1ccccc1. The van der Waals surface area contributed by atoms with E-state index in [0.29, 0.717) is 18.8 Å². The molecule has 0 aliphatic carbocycles. The van der Waals surface area contributed by atoms with Gasteiger partial charge in [-0.15, -0.1) is 0 Å². The molecule has 4 heteroatoms. The Morgan fingerprint density at radius 1 is 1.04 bits per heavy atom. The monoisotopic (exact) mass is 326 g/mol. The minimum Gasteiger partial charge on any atom is -0.492 e. The first-order valence-corrected chi connectivity index (χ1v) is 8.50. The molecule has 0 aromatic heterocycles. The summed E-state index contributed by atoms with van der Waals surface area (Å²) in [5.41, 5.74) is 2.00. The third-order valence-corrected chi connectivity index (χ3v) is 3.81. The van der Waals surface area contributed by atoms with Gasteiger partial charge in [-0.25, -0.2) is 0 Å². The lowest BCUT2D eigenvalue weighted by Gasteiger charge is -2.20. The summed E-state index contributed by atoms with van der Waals surface area (Å²) in [5.74, 6) is 0.721. The number of carbonyl (C=O) groups excluding carboxylic acids is 1. The Labute approximate surface area is 144 Å². The molecule has 0 atom stereocenters. The molecule has 0 bridgehead atoms. The molecule has 0 aliphatic rings. The van der Waals surface area contributed by atoms with Crippen LogP contribution in [-0.4, -0.2) is 30.5 Å². The van der Waals surface area contributed by atoms with E-state index < -0.39 is 0 Å². The van der Waals surface area contributed by atoms with Crippen LogP contribution in [-0.2, 0) is 11.3 Å². The predicted octanol–water partition coefficient (Wildman–Crippen LogP) is 3.94. The van der Waals surface area contributed by atoms with Gasteiger partial charge in [0.1, 0.15) is 5.75 Å². The van der Waals surface area contributed by atoms with Gasteiger partial charge in [0.2, 0.25) is 5.91 Å². The minimum absolute atomic E-state index is 0.00802. The van der Waals surface area contributed by atoms with Crippen LogP contribution in [0.4, 0.5) is 5.69 Å². The number of ether oxygens (including phenoxy) is 1. The van der Waals surface area contributed by atoms with Crippen LogP contribution in [0.1, 0.15) is 25.8 Å². The first-order valence-electron chi connectivity index (χ1n) is 8.50. The summed E-state index contributed by atoms with van der Waals surface area (Å²) >= 11 is 0. The second-order valence-corrected chi connectivity index (χ2v) is 5.58. The summed E-state index contributed by atoms with van der Waals surface area (Å²) in [7, 11) is 0. The molecule has 0 radical (unpaired) electrons. The summed E-state index contributed by atoms with van der Waals surface area (Å²) in [5, 5.41) is 2.95. The van der Waals surface area contributed by atoms with Crippen LogP contribution in [0.2, 0.25) is 0 Å². The fourth-order valence-corrected chi connectivity index (χ4v) is 2.51. The van der Waals surface area contributed by atoms with Gasteiger partial charge in [-0.1, -0.05) is 49.4 Å². The zero-order chi connectivity index (χ0) is 17.2. The maximum Gasteiger partial charge on any atom is 0.225 e. The molecule has 0 aliphatic heterocycles. The second kappa shape index (κ2) is 9.73. The lowest BCUT2D eigenvalue weighted by Crippen LogP contribution is -2.27. The van der Waals surface area contributed by atoms with Gasteiger partial charge in [-0.05, 0) is 31.2 Å². The standard InChI is InChI=1S/C20H26N2O2/c1-3-22(16-17-10-6-5-7-11-17)15-14-20(23)21-18-12-8-9-13-19(18)24-4-2/h5-13H,3-4,14-16H2,1-2H3,(H,21,23). The average molecular weight is 326 g/mol. The smallest absolute Gasteiger partial charge is 0.225 e. The van der Waals surface area contributed by atoms with Gasteiger partial charge in [0.15, 0.2) is 0 Å². The van der Waals surface area contributed by atoms with Crippen LogP contribution in [0.15, 0.2) is 54.6 Å². The number of amides is 1. The second-order valence-electron chi connectivity index (χ2n) is 5.58. The Morgan fingerprint density at radius 3 is 2.46 bits per heavy atom. The van der Waals surface area contributed by atoms with Crippen molar-refractivity contribution < 1.29 is 9.53 Å². The van der Waals surface area contributed by atoms with Gasteiger partial charge in [-0.3, -0.25) is 9.69 Å². The Morgan fingerprint density at radius 2 is 1.75 bits per heavy atom. The van der Waals surface area contributed by atoms with Crippen molar-refractivity contribution in [3.05, 3.63) is 60.2 Å². The molecule has 0 saturated carbocycles. The third-order valence-electron chi connectivity index (χ3n) is 3.81. The number of benzene rings is 2. The van der Waals surface area contributed by atoms with Crippen LogP contribution in [0.3, 0.4) is 0 Å². The number of rotatable bonds is 9. The number of hydrogen-bond acceptors (Lipinski definition) is 3. The number of nitrogens with one attached hydrogen (secondary N) is 1. The maximum atomic E-state index is 12.2. The fraction of sp³-hybridized carbons (Fsp3) is 0.350. The number of para-hydroxylation sites is 2. The van der Waals surface area contributed by atoms with Gasteiger partial charge in [0.05, 0.1) is 12.3 Å². The number of nitrogens with zero attached hydrogens (tertiary/aromatic N) is 1. The lowest BCUT2D eigenvalue weighted by molar-refractivity contribution is -0.116. The molecule has 24 heavy (non-hydrogen) atoms. The highest BCUT2D eigenvalue weighted by Crippen LogP contribution is 2.23. The van der Waals surface area contributed by atoms with Gasteiger partial charge in [-0.2, -0.15) is 0 Å². The molecule has 128 valence electrons. The van der Waals surface area contributed by atoms with E-state index in [1.54, 1.807) is 0 Å². The van der Waals surface area contributed by atoms with Crippen molar-refractivity contribution in [2.75, 3.05) is 25.0 Å². The molecule has 0 heterocycles. The van der Waals surface area contributed by atoms with E-state index in [9.17, 15) is 4.79 Å². The topological polar surface area (TPSA) is 41.6 Å². The molecule has 2 rings (SSSR count). The molecule has 0 saturated heterocycles. The van der Waals surface area contributed by atoms with E-state index in [1.807, 2.05) is 49.4 Å². The summed E-state index contributed by atoms with van der Waals surface area (Å²) in [4.78, 5) is 14.5. The molecule has 0 spiro atoms. The molecule has 0 unspecified atom stereocenters. The van der Waals surface area contributed by atoms with Crippen molar-refractivity contribution in [1.29, 1.82) is 0 Å². The summed E-state index contributed by atoms with van der Waals surface area (Å²) in [6, 6.07) is 17.9. The molecule has 2 aromatic rings. The number of carbonyl (C=O) groups is 1. The van der Waals surface area contributed by atoms with Crippen molar-refractivity contribution in [3.63, 3.8) is 0 Å². The van der Waals surface area contributed by atoms with Gasteiger partial charge >= 0.3 is 0 Å². The predicted molar refractivity (Wildman–Crippen MR) is 98.3 cm³/mol. The summed E-state index contributed by atoms with van der Waals surface area (Å²) in [6.07, 6.45) is 0.459. The van der Waals surface area contributed by atoms with Gasteiger partial charge < -0.3 is 10.1 Å². The Bertz CT molecular complexity index is 629. The van der Waals surface area contributed by atoms with E-state index in [2.05, 4.69) is 29.3 Å². The molecule has 1 amide bonds. The largest absolute Gasteiger partial charge is 0.492 e. The number of anilines is 1. The zero-order valence-electron chi connectivity index (χ0n) is 14.5. The molecular formula is C20H26N2O2. The average Bonchev–Trinajstić information content (AvgIpc) is 2.61. The molecule has 2 aromatic carbocycles. The van der Waals surface area contributed by atoms with Crippen LogP contribution < -0.4 is 10.1 Å². The van der Waals surface area contributed by atoms with Crippen molar-refractivity contribution in [2.45, 2.75) is 26.8 Å². The Kier molecular flexibility index (Phi) is 7.30. The van der Waals surface area contributed by atoms with E-state index in [1.165, 1.54) is 5.56 Å². The van der Waals surface area contributed by atoms with Crippen molar-refractivity contribution in [1.82, 2.24) is 4.90 Å². The highest BCUT2D eigenvalue weighted by Gasteiger charge is 2.10. The van der Waals surface area contributed by atoms with Crippen LogP contribution in [0.25, 0.3) is 0 Å². The van der Waals surface area contributed by atoms with Crippen LogP contribution >= 0.6 is 0 Å². The Balaban J connectivity index is 1.85. The highest BCUT2D eigenvalue weighted by atomic mass is 16.5. The molecule has 0 fully saturated rings. The van der Waals surface area contributed by atoms with E-state index >= 15 is 0 Å². The zero-order valence-corrected chi connectivity index (χ0v) is 14.5. The first kappa shape index (κ1) is 18.0. The van der Waals surface area contributed by atoms with E-state index in [4.69, 9.17) is 4.74 Å². The van der Waals surface area contributed by atoms with Gasteiger partial charge in [0, 0.05) is 19.5 Å². The summed E-state index contributed by atoms with van der Waals surface area (Å²) < 4.78 is 5.54. The number of hydrogen-bond donors (Lipinski definition) is 1.